The van der Waals surface area contributed by atoms with Crippen molar-refractivity contribution in [2.75, 3.05) is 6.67 Å². The number of nitrogens with zero attached hydrogens (tertiary/aromatic N) is 2. The molecule has 1 N–H and O–H groups in total. The largest absolute Gasteiger partial charge is 0.280 e. The smallest absolute Gasteiger partial charge is 0.266 e. The third-order valence-corrected chi connectivity index (χ3v) is 5.69. The number of amides is 1. The van der Waals surface area contributed by atoms with Crippen LogP contribution in [-0.2, 0) is 4.79 Å². The van der Waals surface area contributed by atoms with E-state index in [1.165, 1.54) is 44.7 Å². The number of hydrogen-bond acceptors (Lipinski definition) is 3. The van der Waals surface area contributed by atoms with Crippen LogP contribution in [0.5, 0.6) is 0 Å². The van der Waals surface area contributed by atoms with Crippen LogP contribution in [0.2, 0.25) is 0 Å². The molecule has 1 heterocycles. The summed E-state index contributed by atoms with van der Waals surface area (Å²) in [6.45, 7) is 5.39. The third-order valence-electron chi connectivity index (χ3n) is 5.69. The lowest BCUT2D eigenvalue weighted by atomic mass is 9.43. The Bertz CT molecular complexity index is 454. The van der Waals surface area contributed by atoms with Crippen LogP contribution in [0.3, 0.4) is 0 Å². The van der Waals surface area contributed by atoms with Crippen molar-refractivity contribution in [3.05, 3.63) is 0 Å². The highest BCUT2D eigenvalue weighted by molar-refractivity contribution is 6.27. The Morgan fingerprint density at radius 2 is 1.89 bits per heavy atom. The van der Waals surface area contributed by atoms with Gasteiger partial charge in [-0.05, 0) is 55.3 Å². The van der Waals surface area contributed by atoms with Crippen LogP contribution < -0.4 is 5.43 Å². The fraction of sp³-hybridized carbons (Fsp3) is 0.867. The Kier molecular flexibility index (Phi) is 2.13. The number of nitrogens with one attached hydrogen (secondary N) is 1. The fourth-order valence-electron chi connectivity index (χ4n) is 6.29. The van der Waals surface area contributed by atoms with E-state index in [1.54, 1.807) is 5.01 Å². The van der Waals surface area contributed by atoms with Crippen molar-refractivity contribution in [2.45, 2.75) is 57.9 Å². The quantitative estimate of drug-likeness (QED) is 0.827. The normalized spacial score (nSPS) is 51.4. The molecule has 5 aliphatic rings. The highest BCUT2D eigenvalue weighted by Gasteiger charge is 2.60. The average Bonchev–Trinajstić information content (AvgIpc) is 2.57. The molecule has 4 aliphatic carbocycles. The van der Waals surface area contributed by atoms with Gasteiger partial charge in [0.1, 0.15) is 6.67 Å². The van der Waals surface area contributed by atoms with Gasteiger partial charge in [0.05, 0.1) is 6.21 Å². The zero-order valence-electron chi connectivity index (χ0n) is 11.9. The Balaban J connectivity index is 1.62. The molecule has 4 nitrogen and oxygen atoms in total. The summed E-state index contributed by atoms with van der Waals surface area (Å²) in [5.74, 6) is 0.864. The molecule has 0 spiro atoms. The van der Waals surface area contributed by atoms with Gasteiger partial charge >= 0.3 is 0 Å². The summed E-state index contributed by atoms with van der Waals surface area (Å²) in [6, 6.07) is 0. The Morgan fingerprint density at radius 1 is 1.21 bits per heavy atom. The molecule has 2 unspecified atom stereocenters. The van der Waals surface area contributed by atoms with Crippen LogP contribution in [0.1, 0.15) is 52.4 Å². The first-order valence-electron chi connectivity index (χ1n) is 7.49. The van der Waals surface area contributed by atoms with Crippen LogP contribution in [0.4, 0.5) is 0 Å². The summed E-state index contributed by atoms with van der Waals surface area (Å²) in [4.78, 5) is 15.8. The molecule has 4 heteroatoms. The molecule has 5 rings (SSSR count). The van der Waals surface area contributed by atoms with E-state index in [9.17, 15) is 4.79 Å². The van der Waals surface area contributed by atoms with Gasteiger partial charge in [-0.3, -0.25) is 14.8 Å². The Hall–Kier alpha value is -0.900. The van der Waals surface area contributed by atoms with Gasteiger partial charge in [-0.25, -0.2) is 5.43 Å². The minimum atomic E-state index is 0.0195. The average molecular weight is 261 g/mol. The van der Waals surface area contributed by atoms with Crippen molar-refractivity contribution >= 4 is 12.1 Å². The molecule has 4 fully saturated rings. The first-order chi connectivity index (χ1) is 8.90. The van der Waals surface area contributed by atoms with E-state index < -0.39 is 0 Å². The zero-order chi connectivity index (χ0) is 13.3. The molecule has 4 saturated carbocycles. The van der Waals surface area contributed by atoms with Crippen molar-refractivity contribution in [2.24, 2.45) is 21.7 Å². The summed E-state index contributed by atoms with van der Waals surface area (Å²) in [7, 11) is 0. The molecule has 1 amide bonds. The molecule has 4 bridgehead atoms. The van der Waals surface area contributed by atoms with Crippen LogP contribution in [0.25, 0.3) is 0 Å². The minimum absolute atomic E-state index is 0.0195. The first-order valence-corrected chi connectivity index (χ1v) is 7.49. The lowest BCUT2D eigenvalue weighted by Gasteiger charge is -2.65. The van der Waals surface area contributed by atoms with Crippen LogP contribution in [0, 0.1) is 16.7 Å². The summed E-state index contributed by atoms with van der Waals surface area (Å²) in [5, 5.41) is 1.72. The zero-order valence-corrected chi connectivity index (χ0v) is 11.9. The summed E-state index contributed by atoms with van der Waals surface area (Å²) in [6.07, 6.45) is 9.25. The molecule has 2 atom stereocenters. The Morgan fingerprint density at radius 3 is 2.42 bits per heavy atom. The second kappa shape index (κ2) is 3.40. The maximum absolute atomic E-state index is 11.8. The monoisotopic (exact) mass is 261 g/mol. The highest BCUT2D eigenvalue weighted by atomic mass is 16.2. The lowest BCUT2D eigenvalue weighted by molar-refractivity contribution is -0.149. The van der Waals surface area contributed by atoms with Crippen LogP contribution in [-0.4, -0.2) is 29.3 Å². The molecule has 0 aromatic rings. The van der Waals surface area contributed by atoms with Crippen LogP contribution in [0.15, 0.2) is 4.99 Å². The number of carbonyl (C=O) groups is 1. The van der Waals surface area contributed by atoms with Gasteiger partial charge in [0.15, 0.2) is 0 Å². The van der Waals surface area contributed by atoms with E-state index in [1.807, 2.05) is 0 Å². The summed E-state index contributed by atoms with van der Waals surface area (Å²) < 4.78 is 0. The predicted octanol–water partition coefficient (Wildman–Crippen LogP) is 2.11. The van der Waals surface area contributed by atoms with E-state index in [2.05, 4.69) is 24.3 Å². The molecule has 0 saturated heterocycles. The van der Waals surface area contributed by atoms with Crippen molar-refractivity contribution in [1.29, 1.82) is 0 Å². The van der Waals surface area contributed by atoms with E-state index in [0.29, 0.717) is 17.5 Å². The van der Waals surface area contributed by atoms with Gasteiger partial charge in [0.25, 0.3) is 5.91 Å². The summed E-state index contributed by atoms with van der Waals surface area (Å²) in [5.41, 5.74) is 4.68. The van der Waals surface area contributed by atoms with E-state index >= 15 is 0 Å². The standard InChI is InChI=1S/C15H23N3O/c1-13-3-11-4-14(2,7-13)9-15(5-11,8-13)17-18-10-16-6-12(18)19/h6,11,17H,3-5,7-10H2,1-2H3. The van der Waals surface area contributed by atoms with Gasteiger partial charge < -0.3 is 0 Å². The fourth-order valence-corrected chi connectivity index (χ4v) is 6.29. The van der Waals surface area contributed by atoms with Crippen molar-refractivity contribution in [1.82, 2.24) is 10.4 Å². The highest BCUT2D eigenvalue weighted by Crippen LogP contribution is 2.66. The minimum Gasteiger partial charge on any atom is -0.266 e. The van der Waals surface area contributed by atoms with Gasteiger partial charge in [-0.2, -0.15) is 0 Å². The number of carbonyl (C=O) groups excluding carboxylic acids is 1. The maximum atomic E-state index is 11.8. The van der Waals surface area contributed by atoms with Gasteiger partial charge in [-0.1, -0.05) is 13.8 Å². The molecule has 104 valence electrons. The topological polar surface area (TPSA) is 44.7 Å². The molecule has 1 aliphatic heterocycles. The van der Waals surface area contributed by atoms with Gasteiger partial charge in [-0.15, -0.1) is 0 Å². The van der Waals surface area contributed by atoms with Crippen LogP contribution >= 0.6 is 0 Å². The third kappa shape index (κ3) is 1.76. The van der Waals surface area contributed by atoms with E-state index in [0.717, 1.165) is 5.92 Å². The molecular weight excluding hydrogens is 238 g/mol. The number of aliphatic imine (C=N–C) groups is 1. The SMILES string of the molecule is CC12CC3CC(C)(C1)CC(NN1CN=CC1=O)(C3)C2. The van der Waals surface area contributed by atoms with Crippen molar-refractivity contribution < 1.29 is 4.79 Å². The molecular formula is C15H23N3O. The second-order valence-electron chi connectivity index (χ2n) is 8.24. The van der Waals surface area contributed by atoms with Gasteiger partial charge in [0.2, 0.25) is 0 Å². The second-order valence-corrected chi connectivity index (χ2v) is 8.24. The van der Waals surface area contributed by atoms with Crippen molar-refractivity contribution in [3.8, 4) is 0 Å². The van der Waals surface area contributed by atoms with E-state index in [4.69, 9.17) is 0 Å². The molecule has 0 aromatic carbocycles. The maximum Gasteiger partial charge on any atom is 0.280 e. The molecule has 19 heavy (non-hydrogen) atoms. The number of hydrazine groups is 1. The molecule has 0 radical (unpaired) electrons. The Labute approximate surface area is 114 Å². The molecule has 0 aromatic heterocycles. The predicted molar refractivity (Wildman–Crippen MR) is 73.5 cm³/mol. The summed E-state index contributed by atoms with van der Waals surface area (Å²) >= 11 is 0. The van der Waals surface area contributed by atoms with Gasteiger partial charge in [0, 0.05) is 5.54 Å². The number of hydrogen-bond donors (Lipinski definition) is 1. The lowest BCUT2D eigenvalue weighted by Crippen LogP contribution is -2.67. The van der Waals surface area contributed by atoms with E-state index in [-0.39, 0.29) is 11.4 Å². The number of rotatable bonds is 2. The van der Waals surface area contributed by atoms with Crippen molar-refractivity contribution in [3.63, 3.8) is 0 Å². The first kappa shape index (κ1) is 11.9.